The molecule has 1 heterocycles. The van der Waals surface area contributed by atoms with Crippen LogP contribution in [0.3, 0.4) is 0 Å². The van der Waals surface area contributed by atoms with Crippen LogP contribution >= 0.6 is 0 Å². The highest BCUT2D eigenvalue weighted by Gasteiger charge is 2.55. The van der Waals surface area contributed by atoms with Gasteiger partial charge in [-0.2, -0.15) is 0 Å². The molecule has 18 heavy (non-hydrogen) atoms. The zero-order valence-corrected chi connectivity index (χ0v) is 10.8. The van der Waals surface area contributed by atoms with E-state index >= 15 is 0 Å². The Hall–Kier alpha value is -1.06. The molecular formula is C14H22N2O2. The van der Waals surface area contributed by atoms with Gasteiger partial charge in [-0.05, 0) is 37.5 Å². The summed E-state index contributed by atoms with van der Waals surface area (Å²) in [5, 5.41) is 0. The number of fused-ring (bicyclic) bond motifs is 1. The molecule has 3 fully saturated rings. The monoisotopic (exact) mass is 250 g/mol. The molecule has 2 atom stereocenters. The Morgan fingerprint density at radius 3 is 2.00 bits per heavy atom. The van der Waals surface area contributed by atoms with E-state index in [4.69, 9.17) is 5.73 Å². The maximum absolute atomic E-state index is 12.4. The van der Waals surface area contributed by atoms with Crippen molar-refractivity contribution in [3.63, 3.8) is 0 Å². The normalized spacial score (nSPS) is 36.0. The summed E-state index contributed by atoms with van der Waals surface area (Å²) in [5.41, 5.74) is 5.31. The van der Waals surface area contributed by atoms with Crippen molar-refractivity contribution in [3.05, 3.63) is 0 Å². The standard InChI is InChI=1S/C14H22N2O2/c15-13(17)9-5-7-16(8-6-9)14(18)12-10-3-1-2-4-11(10)12/h9-12H,1-8H2,(H2,15,17). The van der Waals surface area contributed by atoms with Crippen LogP contribution in [0.5, 0.6) is 0 Å². The molecule has 1 saturated heterocycles. The van der Waals surface area contributed by atoms with Crippen LogP contribution in [0.15, 0.2) is 0 Å². The van der Waals surface area contributed by atoms with E-state index in [9.17, 15) is 9.59 Å². The van der Waals surface area contributed by atoms with Crippen molar-refractivity contribution in [2.24, 2.45) is 29.4 Å². The third-order valence-electron chi connectivity index (χ3n) is 5.15. The minimum absolute atomic E-state index is 0.0180. The second-order valence-corrected chi connectivity index (χ2v) is 6.14. The lowest BCUT2D eigenvalue weighted by Gasteiger charge is -2.30. The predicted octanol–water partition coefficient (Wildman–Crippen LogP) is 1.15. The molecule has 1 aliphatic heterocycles. The summed E-state index contributed by atoms with van der Waals surface area (Å²) in [6.45, 7) is 1.45. The first-order valence-corrected chi connectivity index (χ1v) is 7.26. The summed E-state index contributed by atoms with van der Waals surface area (Å²) in [6.07, 6.45) is 6.60. The second kappa shape index (κ2) is 4.56. The predicted molar refractivity (Wildman–Crippen MR) is 67.4 cm³/mol. The fourth-order valence-electron chi connectivity index (χ4n) is 3.95. The van der Waals surface area contributed by atoms with Gasteiger partial charge in [0.05, 0.1) is 0 Å². The number of amides is 2. The van der Waals surface area contributed by atoms with Gasteiger partial charge < -0.3 is 10.6 Å². The van der Waals surface area contributed by atoms with Crippen LogP contribution < -0.4 is 5.73 Å². The summed E-state index contributed by atoms with van der Waals surface area (Å²) in [6, 6.07) is 0. The Kier molecular flexibility index (Phi) is 3.04. The van der Waals surface area contributed by atoms with E-state index in [1.165, 1.54) is 25.7 Å². The highest BCUT2D eigenvalue weighted by molar-refractivity contribution is 5.83. The Morgan fingerprint density at radius 1 is 0.944 bits per heavy atom. The maximum Gasteiger partial charge on any atom is 0.226 e. The minimum Gasteiger partial charge on any atom is -0.369 e. The topological polar surface area (TPSA) is 63.4 Å². The quantitative estimate of drug-likeness (QED) is 0.799. The maximum atomic E-state index is 12.4. The fraction of sp³-hybridized carbons (Fsp3) is 0.857. The number of hydrogen-bond donors (Lipinski definition) is 1. The number of carbonyl (C=O) groups excluding carboxylic acids is 2. The minimum atomic E-state index is -0.206. The van der Waals surface area contributed by atoms with E-state index in [2.05, 4.69) is 0 Å². The van der Waals surface area contributed by atoms with Crippen LogP contribution in [-0.2, 0) is 9.59 Å². The number of piperidine rings is 1. The molecule has 2 amide bonds. The van der Waals surface area contributed by atoms with Crippen LogP contribution in [-0.4, -0.2) is 29.8 Å². The molecule has 2 N–H and O–H groups in total. The van der Waals surface area contributed by atoms with Gasteiger partial charge in [-0.3, -0.25) is 9.59 Å². The summed E-state index contributed by atoms with van der Waals surface area (Å²) < 4.78 is 0. The van der Waals surface area contributed by atoms with Gasteiger partial charge >= 0.3 is 0 Å². The lowest BCUT2D eigenvalue weighted by molar-refractivity contribution is -0.136. The molecule has 0 aromatic rings. The summed E-state index contributed by atoms with van der Waals surface area (Å²) in [5.74, 6) is 1.81. The van der Waals surface area contributed by atoms with Gasteiger partial charge in [0.15, 0.2) is 0 Å². The Morgan fingerprint density at radius 2 is 1.50 bits per heavy atom. The van der Waals surface area contributed by atoms with Gasteiger partial charge in [-0.15, -0.1) is 0 Å². The zero-order chi connectivity index (χ0) is 12.7. The number of primary amides is 1. The van der Waals surface area contributed by atoms with Crippen LogP contribution in [0, 0.1) is 23.7 Å². The number of nitrogens with two attached hydrogens (primary N) is 1. The summed E-state index contributed by atoms with van der Waals surface area (Å²) in [4.78, 5) is 25.5. The van der Waals surface area contributed by atoms with Gasteiger partial charge in [0.25, 0.3) is 0 Å². The summed E-state index contributed by atoms with van der Waals surface area (Å²) in [7, 11) is 0. The third-order valence-corrected chi connectivity index (χ3v) is 5.15. The first kappa shape index (κ1) is 12.0. The van der Waals surface area contributed by atoms with E-state index in [0.29, 0.717) is 23.7 Å². The molecule has 4 heteroatoms. The summed E-state index contributed by atoms with van der Waals surface area (Å²) >= 11 is 0. The average molecular weight is 250 g/mol. The average Bonchev–Trinajstić information content (AvgIpc) is 3.12. The van der Waals surface area contributed by atoms with Gasteiger partial charge in [-0.25, -0.2) is 0 Å². The second-order valence-electron chi connectivity index (χ2n) is 6.14. The molecule has 0 spiro atoms. The molecule has 0 aromatic carbocycles. The van der Waals surface area contributed by atoms with E-state index in [0.717, 1.165) is 25.9 Å². The molecular weight excluding hydrogens is 228 g/mol. The van der Waals surface area contributed by atoms with E-state index < -0.39 is 0 Å². The third kappa shape index (κ3) is 2.02. The SMILES string of the molecule is NC(=O)C1CCN(C(=O)C2C3CCCCC32)CC1. The number of nitrogens with zero attached hydrogens (tertiary/aromatic N) is 1. The van der Waals surface area contributed by atoms with E-state index in [1.807, 2.05) is 4.90 Å². The Balaban J connectivity index is 1.54. The zero-order valence-electron chi connectivity index (χ0n) is 10.8. The largest absolute Gasteiger partial charge is 0.369 e. The highest BCUT2D eigenvalue weighted by atomic mass is 16.2. The van der Waals surface area contributed by atoms with Crippen LogP contribution in [0.2, 0.25) is 0 Å². The van der Waals surface area contributed by atoms with E-state index in [1.54, 1.807) is 0 Å². The lowest BCUT2D eigenvalue weighted by Crippen LogP contribution is -2.42. The first-order valence-electron chi connectivity index (χ1n) is 7.26. The number of likely N-dealkylation sites (tertiary alicyclic amines) is 1. The van der Waals surface area contributed by atoms with Crippen molar-refractivity contribution < 1.29 is 9.59 Å². The van der Waals surface area contributed by atoms with Crippen molar-refractivity contribution in [2.45, 2.75) is 38.5 Å². The van der Waals surface area contributed by atoms with Crippen molar-refractivity contribution in [1.29, 1.82) is 0 Å². The number of hydrogen-bond acceptors (Lipinski definition) is 2. The molecule has 3 aliphatic rings. The smallest absolute Gasteiger partial charge is 0.226 e. The van der Waals surface area contributed by atoms with Gasteiger partial charge in [-0.1, -0.05) is 12.8 Å². The van der Waals surface area contributed by atoms with Crippen LogP contribution in [0.4, 0.5) is 0 Å². The number of rotatable bonds is 2. The molecule has 2 unspecified atom stereocenters. The molecule has 3 rings (SSSR count). The van der Waals surface area contributed by atoms with E-state index in [-0.39, 0.29) is 11.8 Å². The van der Waals surface area contributed by atoms with Gasteiger partial charge in [0.2, 0.25) is 11.8 Å². The molecule has 0 radical (unpaired) electrons. The molecule has 0 bridgehead atoms. The van der Waals surface area contributed by atoms with Gasteiger partial charge in [0.1, 0.15) is 0 Å². The Bertz CT molecular complexity index is 349. The van der Waals surface area contributed by atoms with Gasteiger partial charge in [0, 0.05) is 24.9 Å². The molecule has 4 nitrogen and oxygen atoms in total. The fourth-order valence-corrected chi connectivity index (χ4v) is 3.95. The van der Waals surface area contributed by atoms with Crippen LogP contribution in [0.1, 0.15) is 38.5 Å². The molecule has 0 aromatic heterocycles. The van der Waals surface area contributed by atoms with Crippen LogP contribution in [0.25, 0.3) is 0 Å². The van der Waals surface area contributed by atoms with Crippen molar-refractivity contribution in [2.75, 3.05) is 13.1 Å². The first-order chi connectivity index (χ1) is 8.68. The van der Waals surface area contributed by atoms with Crippen molar-refractivity contribution in [1.82, 2.24) is 4.90 Å². The number of carbonyl (C=O) groups is 2. The molecule has 100 valence electrons. The van der Waals surface area contributed by atoms with Crippen molar-refractivity contribution in [3.8, 4) is 0 Å². The van der Waals surface area contributed by atoms with Crippen molar-refractivity contribution >= 4 is 11.8 Å². The Labute approximate surface area is 108 Å². The molecule has 2 aliphatic carbocycles. The highest BCUT2D eigenvalue weighted by Crippen LogP contribution is 2.56. The lowest BCUT2D eigenvalue weighted by atomic mass is 9.96. The molecule has 2 saturated carbocycles.